The summed E-state index contributed by atoms with van der Waals surface area (Å²) in [5.74, 6) is -0.576. The number of rotatable bonds is 4. The maximum Gasteiger partial charge on any atom is 0.339 e. The molecule has 1 N–H and O–H groups in total. The molecular formula is C16H18N2O3. The maximum absolute atomic E-state index is 11.1. The Kier molecular flexibility index (Phi) is 3.64. The van der Waals surface area contributed by atoms with E-state index in [-0.39, 0.29) is 5.56 Å². The fraction of sp³-hybridized carbons (Fsp3) is 0.375. The molecule has 0 amide bonds. The molecule has 0 saturated carbocycles. The maximum atomic E-state index is 11.1. The first-order valence-electron chi connectivity index (χ1n) is 7.12. The first-order chi connectivity index (χ1) is 10.2. The Labute approximate surface area is 123 Å². The van der Waals surface area contributed by atoms with Crippen LogP contribution < -0.4 is 4.74 Å². The number of hydrogen-bond donors (Lipinski definition) is 1. The number of carboxylic acid groups (broad SMARTS) is 1. The van der Waals surface area contributed by atoms with E-state index in [9.17, 15) is 4.79 Å². The van der Waals surface area contributed by atoms with Crippen LogP contribution in [0.3, 0.4) is 0 Å². The smallest absolute Gasteiger partial charge is 0.339 e. The van der Waals surface area contributed by atoms with Gasteiger partial charge in [-0.1, -0.05) is 6.07 Å². The second kappa shape index (κ2) is 5.60. The fourth-order valence-electron chi connectivity index (χ4n) is 2.87. The Balaban J connectivity index is 1.88. The predicted molar refractivity (Wildman–Crippen MR) is 77.9 cm³/mol. The van der Waals surface area contributed by atoms with Crippen molar-refractivity contribution in [3.8, 4) is 5.75 Å². The molecule has 0 saturated heterocycles. The Morgan fingerprint density at radius 1 is 1.38 bits per heavy atom. The second-order valence-corrected chi connectivity index (χ2v) is 5.31. The number of aryl methyl sites for hydroxylation is 1. The number of hydrogen-bond acceptors (Lipinski definition) is 3. The summed E-state index contributed by atoms with van der Waals surface area (Å²) in [6, 6.07) is 5.22. The van der Waals surface area contributed by atoms with Crippen LogP contribution in [0.25, 0.3) is 0 Å². The van der Waals surface area contributed by atoms with Crippen LogP contribution in [0.5, 0.6) is 5.75 Å². The number of nitrogens with zero attached hydrogens (tertiary/aromatic N) is 2. The first-order valence-corrected chi connectivity index (χ1v) is 7.12. The molecule has 1 aliphatic rings. The van der Waals surface area contributed by atoms with E-state index < -0.39 is 5.97 Å². The van der Waals surface area contributed by atoms with Gasteiger partial charge in [-0.05, 0) is 43.4 Å². The Morgan fingerprint density at radius 2 is 2.19 bits per heavy atom. The van der Waals surface area contributed by atoms with Crippen LogP contribution in [-0.4, -0.2) is 27.7 Å². The molecule has 2 aromatic rings. The van der Waals surface area contributed by atoms with E-state index in [2.05, 4.69) is 9.55 Å². The van der Waals surface area contributed by atoms with Crippen LogP contribution in [0.2, 0.25) is 0 Å². The van der Waals surface area contributed by atoms with Crippen molar-refractivity contribution in [1.82, 2.24) is 9.55 Å². The third-order valence-electron chi connectivity index (χ3n) is 3.96. The highest BCUT2D eigenvalue weighted by molar-refractivity contribution is 5.90. The van der Waals surface area contributed by atoms with E-state index >= 15 is 0 Å². The van der Waals surface area contributed by atoms with Crippen molar-refractivity contribution in [3.63, 3.8) is 0 Å². The zero-order chi connectivity index (χ0) is 14.8. The standard InChI is InChI=1S/C16H18N2O3/c1-21-15-8-11(6-7-12(15)16(19)20)9-18-10-17-13-4-2-3-5-14(13)18/h6-8,10H,2-5,9H2,1H3,(H,19,20). The zero-order valence-corrected chi connectivity index (χ0v) is 12.0. The highest BCUT2D eigenvalue weighted by atomic mass is 16.5. The van der Waals surface area contributed by atoms with Crippen LogP contribution in [-0.2, 0) is 19.4 Å². The number of ether oxygens (including phenoxy) is 1. The number of aromatic carboxylic acids is 1. The van der Waals surface area contributed by atoms with Gasteiger partial charge in [0.1, 0.15) is 11.3 Å². The Morgan fingerprint density at radius 3 is 2.95 bits per heavy atom. The first kappa shape index (κ1) is 13.7. The van der Waals surface area contributed by atoms with Gasteiger partial charge in [0.2, 0.25) is 0 Å². The van der Waals surface area contributed by atoms with Gasteiger partial charge in [0.05, 0.1) is 19.1 Å². The van der Waals surface area contributed by atoms with Gasteiger partial charge in [-0.2, -0.15) is 0 Å². The molecule has 5 heteroatoms. The molecule has 110 valence electrons. The van der Waals surface area contributed by atoms with Gasteiger partial charge < -0.3 is 14.4 Å². The van der Waals surface area contributed by atoms with Crippen LogP contribution >= 0.6 is 0 Å². The van der Waals surface area contributed by atoms with Gasteiger partial charge in [0.15, 0.2) is 0 Å². The van der Waals surface area contributed by atoms with Gasteiger partial charge in [-0.25, -0.2) is 9.78 Å². The number of benzene rings is 1. The summed E-state index contributed by atoms with van der Waals surface area (Å²) in [6.45, 7) is 0.693. The minimum atomic E-state index is -0.974. The minimum Gasteiger partial charge on any atom is -0.496 e. The number of fused-ring (bicyclic) bond motifs is 1. The van der Waals surface area contributed by atoms with E-state index in [1.807, 2.05) is 12.4 Å². The summed E-state index contributed by atoms with van der Waals surface area (Å²) in [5, 5.41) is 9.11. The summed E-state index contributed by atoms with van der Waals surface area (Å²) in [4.78, 5) is 15.6. The molecule has 1 aromatic carbocycles. The molecule has 0 bridgehead atoms. The number of imidazole rings is 1. The Hall–Kier alpha value is -2.30. The lowest BCUT2D eigenvalue weighted by Gasteiger charge is -2.14. The summed E-state index contributed by atoms with van der Waals surface area (Å²) < 4.78 is 7.33. The third-order valence-corrected chi connectivity index (χ3v) is 3.96. The highest BCUT2D eigenvalue weighted by Gasteiger charge is 2.16. The lowest BCUT2D eigenvalue weighted by atomic mass is 10.0. The van der Waals surface area contributed by atoms with Gasteiger partial charge >= 0.3 is 5.97 Å². The molecule has 0 fully saturated rings. The molecule has 0 unspecified atom stereocenters. The lowest BCUT2D eigenvalue weighted by Crippen LogP contribution is -2.09. The van der Waals surface area contributed by atoms with Crippen molar-refractivity contribution < 1.29 is 14.6 Å². The van der Waals surface area contributed by atoms with E-state index in [4.69, 9.17) is 9.84 Å². The van der Waals surface area contributed by atoms with Gasteiger partial charge in [-0.15, -0.1) is 0 Å². The highest BCUT2D eigenvalue weighted by Crippen LogP contribution is 2.24. The SMILES string of the molecule is COc1cc(Cn2cnc3c2CCCC3)ccc1C(=O)O. The molecule has 0 spiro atoms. The summed E-state index contributed by atoms with van der Waals surface area (Å²) in [5.41, 5.74) is 3.72. The van der Waals surface area contributed by atoms with Crippen LogP contribution in [0.15, 0.2) is 24.5 Å². The average Bonchev–Trinajstić information content (AvgIpc) is 2.90. The fourth-order valence-corrected chi connectivity index (χ4v) is 2.87. The predicted octanol–water partition coefficient (Wildman–Crippen LogP) is 2.52. The summed E-state index contributed by atoms with van der Waals surface area (Å²) >= 11 is 0. The number of carbonyl (C=O) groups is 1. The van der Waals surface area contributed by atoms with Crippen molar-refractivity contribution in [2.45, 2.75) is 32.2 Å². The van der Waals surface area contributed by atoms with Crippen molar-refractivity contribution in [2.24, 2.45) is 0 Å². The van der Waals surface area contributed by atoms with E-state index in [1.54, 1.807) is 12.1 Å². The lowest BCUT2D eigenvalue weighted by molar-refractivity contribution is 0.0693. The molecule has 21 heavy (non-hydrogen) atoms. The summed E-state index contributed by atoms with van der Waals surface area (Å²) in [6.07, 6.45) is 6.43. The summed E-state index contributed by atoms with van der Waals surface area (Å²) in [7, 11) is 1.49. The van der Waals surface area contributed by atoms with Crippen LogP contribution in [0.4, 0.5) is 0 Å². The topological polar surface area (TPSA) is 64.4 Å². The largest absolute Gasteiger partial charge is 0.496 e. The van der Waals surface area contributed by atoms with E-state index in [0.29, 0.717) is 12.3 Å². The minimum absolute atomic E-state index is 0.189. The molecule has 0 radical (unpaired) electrons. The molecular weight excluding hydrogens is 268 g/mol. The van der Waals surface area contributed by atoms with E-state index in [0.717, 1.165) is 18.4 Å². The van der Waals surface area contributed by atoms with Crippen molar-refractivity contribution >= 4 is 5.97 Å². The molecule has 3 rings (SSSR count). The van der Waals surface area contributed by atoms with Crippen molar-refractivity contribution in [2.75, 3.05) is 7.11 Å². The second-order valence-electron chi connectivity index (χ2n) is 5.31. The van der Waals surface area contributed by atoms with Crippen molar-refractivity contribution in [1.29, 1.82) is 0 Å². The number of carboxylic acids is 1. The normalized spacial score (nSPS) is 13.8. The number of aromatic nitrogens is 2. The Bertz CT molecular complexity index is 676. The number of methoxy groups -OCH3 is 1. The molecule has 1 aromatic heterocycles. The molecule has 0 atom stereocenters. The molecule has 1 heterocycles. The van der Waals surface area contributed by atoms with Gasteiger partial charge in [-0.3, -0.25) is 0 Å². The molecule has 1 aliphatic carbocycles. The monoisotopic (exact) mass is 286 g/mol. The van der Waals surface area contributed by atoms with Gasteiger partial charge in [0, 0.05) is 12.2 Å². The van der Waals surface area contributed by atoms with E-state index in [1.165, 1.54) is 31.3 Å². The zero-order valence-electron chi connectivity index (χ0n) is 12.0. The van der Waals surface area contributed by atoms with Crippen molar-refractivity contribution in [3.05, 3.63) is 47.0 Å². The molecule has 0 aliphatic heterocycles. The third kappa shape index (κ3) is 2.63. The van der Waals surface area contributed by atoms with Gasteiger partial charge in [0.25, 0.3) is 0 Å². The average molecular weight is 286 g/mol. The quantitative estimate of drug-likeness (QED) is 0.938. The van der Waals surface area contributed by atoms with Crippen LogP contribution in [0, 0.1) is 0 Å². The molecule has 5 nitrogen and oxygen atoms in total. The van der Waals surface area contributed by atoms with Crippen LogP contribution in [0.1, 0.15) is 40.2 Å².